The van der Waals surface area contributed by atoms with E-state index in [0.717, 1.165) is 12.1 Å². The number of amides is 3. The molecule has 3 rings (SSSR count). The Kier molecular flexibility index (Phi) is 4.51. The average Bonchev–Trinajstić information content (AvgIpc) is 2.82. The number of hydrogen-bond donors (Lipinski definition) is 1. The van der Waals surface area contributed by atoms with Gasteiger partial charge in [-0.15, -0.1) is 0 Å². The second-order valence-corrected chi connectivity index (χ2v) is 6.24. The fourth-order valence-corrected chi connectivity index (χ4v) is 2.87. The predicted octanol–water partition coefficient (Wildman–Crippen LogP) is 2.73. The van der Waals surface area contributed by atoms with Crippen molar-refractivity contribution in [2.75, 3.05) is 11.9 Å². The Hall–Kier alpha value is -3.14. The van der Waals surface area contributed by atoms with Gasteiger partial charge in [0.2, 0.25) is 5.91 Å². The zero-order valence-electron chi connectivity index (χ0n) is 12.9. The lowest BCUT2D eigenvalue weighted by atomic mass is 10.1. The van der Waals surface area contributed by atoms with E-state index < -0.39 is 40.7 Å². The van der Waals surface area contributed by atoms with Gasteiger partial charge in [0.1, 0.15) is 17.9 Å². The third-order valence-electron chi connectivity index (χ3n) is 3.68. The maximum atomic E-state index is 13.8. The SMILES string of the molecule is O=C(CN1C(=O)c2cccc([N+](=O)[O-])c2C1=O)Nc1ccc(Br)cc1F. The first-order chi connectivity index (χ1) is 12.3. The molecule has 10 heteroatoms. The van der Waals surface area contributed by atoms with Crippen molar-refractivity contribution in [1.82, 2.24) is 4.90 Å². The van der Waals surface area contributed by atoms with Crippen molar-refractivity contribution in [1.29, 1.82) is 0 Å². The Balaban J connectivity index is 1.82. The minimum Gasteiger partial charge on any atom is -0.322 e. The van der Waals surface area contributed by atoms with Crippen LogP contribution in [0.2, 0.25) is 0 Å². The number of nitro groups is 1. The number of fused-ring (bicyclic) bond motifs is 1. The summed E-state index contributed by atoms with van der Waals surface area (Å²) in [6, 6.07) is 7.61. The summed E-state index contributed by atoms with van der Waals surface area (Å²) in [7, 11) is 0. The summed E-state index contributed by atoms with van der Waals surface area (Å²) >= 11 is 3.08. The maximum absolute atomic E-state index is 13.8. The van der Waals surface area contributed by atoms with Crippen LogP contribution in [-0.4, -0.2) is 34.1 Å². The molecule has 0 radical (unpaired) electrons. The Morgan fingerprint density at radius 2 is 1.96 bits per heavy atom. The van der Waals surface area contributed by atoms with Crippen molar-refractivity contribution in [2.24, 2.45) is 0 Å². The van der Waals surface area contributed by atoms with Gasteiger partial charge < -0.3 is 5.32 Å². The summed E-state index contributed by atoms with van der Waals surface area (Å²) in [4.78, 5) is 47.6. The van der Waals surface area contributed by atoms with Crippen molar-refractivity contribution < 1.29 is 23.7 Å². The second kappa shape index (κ2) is 6.64. The first-order valence-corrected chi connectivity index (χ1v) is 7.97. The molecule has 1 heterocycles. The van der Waals surface area contributed by atoms with Crippen LogP contribution in [0.1, 0.15) is 20.7 Å². The molecule has 2 aromatic carbocycles. The van der Waals surface area contributed by atoms with E-state index in [9.17, 15) is 28.9 Å². The Bertz CT molecular complexity index is 978. The molecule has 0 fully saturated rings. The largest absolute Gasteiger partial charge is 0.322 e. The Morgan fingerprint density at radius 1 is 1.23 bits per heavy atom. The maximum Gasteiger partial charge on any atom is 0.282 e. The molecule has 132 valence electrons. The molecule has 26 heavy (non-hydrogen) atoms. The molecule has 0 aromatic heterocycles. The van der Waals surface area contributed by atoms with Crippen molar-refractivity contribution in [3.05, 3.63) is 67.9 Å². The van der Waals surface area contributed by atoms with Gasteiger partial charge in [0.05, 0.1) is 16.2 Å². The van der Waals surface area contributed by atoms with Gasteiger partial charge >= 0.3 is 0 Å². The van der Waals surface area contributed by atoms with Gasteiger partial charge in [-0.3, -0.25) is 29.4 Å². The number of hydrogen-bond acceptors (Lipinski definition) is 5. The van der Waals surface area contributed by atoms with Crippen molar-refractivity contribution in [2.45, 2.75) is 0 Å². The van der Waals surface area contributed by atoms with Gasteiger partial charge in [-0.2, -0.15) is 0 Å². The predicted molar refractivity (Wildman–Crippen MR) is 91.2 cm³/mol. The number of rotatable bonds is 4. The summed E-state index contributed by atoms with van der Waals surface area (Å²) in [5, 5.41) is 13.3. The average molecular weight is 422 g/mol. The van der Waals surface area contributed by atoms with E-state index in [1.807, 2.05) is 0 Å². The van der Waals surface area contributed by atoms with Crippen LogP contribution in [0, 0.1) is 15.9 Å². The van der Waals surface area contributed by atoms with Crippen LogP contribution in [0.5, 0.6) is 0 Å². The lowest BCUT2D eigenvalue weighted by Gasteiger charge is -2.14. The van der Waals surface area contributed by atoms with E-state index >= 15 is 0 Å². The number of carbonyl (C=O) groups excluding carboxylic acids is 3. The van der Waals surface area contributed by atoms with Crippen LogP contribution in [0.25, 0.3) is 0 Å². The monoisotopic (exact) mass is 421 g/mol. The van der Waals surface area contributed by atoms with Crippen LogP contribution in [-0.2, 0) is 4.79 Å². The second-order valence-electron chi connectivity index (χ2n) is 5.33. The van der Waals surface area contributed by atoms with Gasteiger partial charge in [0.25, 0.3) is 17.5 Å². The summed E-state index contributed by atoms with van der Waals surface area (Å²) in [5.74, 6) is -3.28. The Labute approximate surface area is 153 Å². The van der Waals surface area contributed by atoms with E-state index in [4.69, 9.17) is 0 Å². The number of halogens is 2. The summed E-state index contributed by atoms with van der Waals surface area (Å²) in [6.45, 7) is -0.695. The molecule has 1 aliphatic rings. The molecule has 1 N–H and O–H groups in total. The number of anilines is 1. The lowest BCUT2D eigenvalue weighted by molar-refractivity contribution is -0.385. The number of nitro benzene ring substituents is 1. The van der Waals surface area contributed by atoms with E-state index in [1.165, 1.54) is 24.3 Å². The smallest absolute Gasteiger partial charge is 0.282 e. The molecule has 2 aromatic rings. The van der Waals surface area contributed by atoms with Crippen LogP contribution in [0.3, 0.4) is 0 Å². The summed E-state index contributed by atoms with van der Waals surface area (Å²) < 4.78 is 14.2. The van der Waals surface area contributed by atoms with Crippen molar-refractivity contribution in [3.8, 4) is 0 Å². The number of imide groups is 1. The molecule has 0 spiro atoms. The molecule has 0 bridgehead atoms. The third-order valence-corrected chi connectivity index (χ3v) is 4.17. The van der Waals surface area contributed by atoms with E-state index in [1.54, 1.807) is 0 Å². The molecule has 0 unspecified atom stereocenters. The molecule has 1 aliphatic heterocycles. The van der Waals surface area contributed by atoms with Gasteiger partial charge in [-0.25, -0.2) is 4.39 Å². The zero-order chi connectivity index (χ0) is 19.0. The minimum atomic E-state index is -0.941. The van der Waals surface area contributed by atoms with Gasteiger partial charge in [0, 0.05) is 10.5 Å². The molecule has 8 nitrogen and oxygen atoms in total. The molecule has 0 saturated heterocycles. The molecule has 3 amide bonds. The van der Waals surface area contributed by atoms with Crippen molar-refractivity contribution in [3.63, 3.8) is 0 Å². The molecule has 0 atom stereocenters. The molecule has 0 aliphatic carbocycles. The van der Waals surface area contributed by atoms with E-state index in [2.05, 4.69) is 21.2 Å². The Morgan fingerprint density at radius 3 is 2.62 bits per heavy atom. The highest BCUT2D eigenvalue weighted by molar-refractivity contribution is 9.10. The van der Waals surface area contributed by atoms with Crippen LogP contribution in [0.4, 0.5) is 15.8 Å². The molecular weight excluding hydrogens is 413 g/mol. The summed E-state index contributed by atoms with van der Waals surface area (Å²) in [6.07, 6.45) is 0. The quantitative estimate of drug-likeness (QED) is 0.463. The molecular formula is C16H9BrFN3O5. The third kappa shape index (κ3) is 3.06. The first kappa shape index (κ1) is 17.7. The minimum absolute atomic E-state index is 0.124. The fraction of sp³-hybridized carbons (Fsp3) is 0.0625. The highest BCUT2D eigenvalue weighted by Crippen LogP contribution is 2.30. The zero-order valence-corrected chi connectivity index (χ0v) is 14.4. The van der Waals surface area contributed by atoms with Crippen LogP contribution in [0.15, 0.2) is 40.9 Å². The number of nitrogens with one attached hydrogen (secondary N) is 1. The topological polar surface area (TPSA) is 110 Å². The van der Waals surface area contributed by atoms with E-state index in [0.29, 0.717) is 9.37 Å². The first-order valence-electron chi connectivity index (χ1n) is 7.18. The normalized spacial score (nSPS) is 12.9. The lowest BCUT2D eigenvalue weighted by Crippen LogP contribution is -2.37. The fourth-order valence-electron chi connectivity index (χ4n) is 2.54. The van der Waals surface area contributed by atoms with Gasteiger partial charge in [-0.1, -0.05) is 22.0 Å². The van der Waals surface area contributed by atoms with Gasteiger partial charge in [0.15, 0.2) is 0 Å². The number of carbonyl (C=O) groups is 3. The highest BCUT2D eigenvalue weighted by atomic mass is 79.9. The van der Waals surface area contributed by atoms with Crippen LogP contribution >= 0.6 is 15.9 Å². The number of nitrogens with zero attached hydrogens (tertiary/aromatic N) is 2. The molecule has 0 saturated carbocycles. The van der Waals surface area contributed by atoms with E-state index in [-0.39, 0.29) is 16.8 Å². The highest BCUT2D eigenvalue weighted by Gasteiger charge is 2.41. The summed E-state index contributed by atoms with van der Waals surface area (Å²) in [5.41, 5.74) is -1.14. The number of benzene rings is 2. The van der Waals surface area contributed by atoms with Crippen LogP contribution < -0.4 is 5.32 Å². The van der Waals surface area contributed by atoms with Gasteiger partial charge in [-0.05, 0) is 24.3 Å². The van der Waals surface area contributed by atoms with Crippen molar-refractivity contribution >= 4 is 45.0 Å². The standard InChI is InChI=1S/C16H9BrFN3O5/c17-8-4-5-11(10(18)6-8)19-13(22)7-20-15(23)9-2-1-3-12(21(25)26)14(9)16(20)24/h1-6H,7H2,(H,19,22).